The minimum Gasteiger partial charge on any atom is -0.207 e. The second-order valence-corrected chi connectivity index (χ2v) is 12.0. The van der Waals surface area contributed by atoms with Crippen molar-refractivity contribution < 1.29 is 4.39 Å². The molecule has 80 valence electrons. The topological polar surface area (TPSA) is 0 Å². The van der Waals surface area contributed by atoms with Crippen LogP contribution >= 0.6 is 27.3 Å². The molecule has 0 aliphatic rings. The highest BCUT2D eigenvalue weighted by Gasteiger charge is 2.20. The molecule has 4 heteroatoms. The van der Waals surface area contributed by atoms with Gasteiger partial charge in [-0.1, -0.05) is 19.6 Å². The second kappa shape index (κ2) is 3.68. The summed E-state index contributed by atoms with van der Waals surface area (Å²) < 4.78 is 16.6. The molecule has 2 rings (SSSR count). The third kappa shape index (κ3) is 2.17. The van der Waals surface area contributed by atoms with E-state index in [1.807, 2.05) is 0 Å². The Labute approximate surface area is 102 Å². The van der Waals surface area contributed by atoms with Crippen molar-refractivity contribution in [2.24, 2.45) is 0 Å². The smallest absolute Gasteiger partial charge is 0.125 e. The van der Waals surface area contributed by atoms with Crippen molar-refractivity contribution in [3.8, 4) is 0 Å². The number of hydrogen-bond donors (Lipinski definition) is 0. The number of rotatable bonds is 1. The van der Waals surface area contributed by atoms with Gasteiger partial charge in [-0.3, -0.25) is 0 Å². The summed E-state index contributed by atoms with van der Waals surface area (Å²) in [4.78, 5) is 0. The zero-order chi connectivity index (χ0) is 11.2. The molecule has 0 N–H and O–H groups in total. The van der Waals surface area contributed by atoms with E-state index in [2.05, 4.69) is 41.6 Å². The minimum atomic E-state index is -1.28. The summed E-state index contributed by atoms with van der Waals surface area (Å²) in [5, 5.41) is 1.02. The average molecular weight is 303 g/mol. The van der Waals surface area contributed by atoms with Crippen LogP contribution in [0.15, 0.2) is 22.7 Å². The number of hydrogen-bond acceptors (Lipinski definition) is 1. The lowest BCUT2D eigenvalue weighted by molar-refractivity contribution is 0.629. The van der Waals surface area contributed by atoms with Gasteiger partial charge in [0.2, 0.25) is 0 Å². The number of halogens is 2. The van der Waals surface area contributed by atoms with Crippen LogP contribution < -0.4 is 4.50 Å². The van der Waals surface area contributed by atoms with E-state index in [1.165, 1.54) is 10.6 Å². The Kier molecular flexibility index (Phi) is 2.77. The van der Waals surface area contributed by atoms with Crippen molar-refractivity contribution >= 4 is 49.9 Å². The van der Waals surface area contributed by atoms with Crippen LogP contribution in [0.25, 0.3) is 10.1 Å². The van der Waals surface area contributed by atoms with Gasteiger partial charge in [0.05, 0.1) is 8.07 Å². The van der Waals surface area contributed by atoms with Gasteiger partial charge in [-0.25, -0.2) is 4.39 Å². The van der Waals surface area contributed by atoms with E-state index in [4.69, 9.17) is 0 Å². The van der Waals surface area contributed by atoms with E-state index in [0.717, 1.165) is 14.6 Å². The van der Waals surface area contributed by atoms with Gasteiger partial charge in [-0.15, -0.1) is 11.3 Å². The quantitative estimate of drug-likeness (QED) is 0.687. The predicted octanol–water partition coefficient (Wildman–Crippen LogP) is 4.35. The molecule has 0 atom stereocenters. The lowest BCUT2D eigenvalue weighted by atomic mass is 10.3. The molecular formula is C11H12BrFSSi. The fourth-order valence-electron chi connectivity index (χ4n) is 1.45. The fourth-order valence-corrected chi connectivity index (χ4v) is 5.05. The van der Waals surface area contributed by atoms with Crippen molar-refractivity contribution in [3.05, 3.63) is 28.5 Å². The maximum Gasteiger partial charge on any atom is 0.125 e. The Morgan fingerprint density at radius 3 is 2.47 bits per heavy atom. The van der Waals surface area contributed by atoms with Crippen LogP contribution in [-0.4, -0.2) is 8.07 Å². The average Bonchev–Trinajstić information content (AvgIpc) is 2.46. The van der Waals surface area contributed by atoms with Crippen molar-refractivity contribution in [3.63, 3.8) is 0 Å². The molecule has 0 aliphatic heterocycles. The lowest BCUT2D eigenvalue weighted by Crippen LogP contribution is -2.34. The molecule has 2 aromatic rings. The maximum absolute atomic E-state index is 13.2. The van der Waals surface area contributed by atoms with Crippen LogP contribution in [-0.2, 0) is 0 Å². The van der Waals surface area contributed by atoms with Gasteiger partial charge in [0.1, 0.15) is 5.82 Å². The summed E-state index contributed by atoms with van der Waals surface area (Å²) in [5.41, 5.74) is 0. The Hall–Kier alpha value is -0.193. The van der Waals surface area contributed by atoms with Gasteiger partial charge in [0, 0.05) is 9.17 Å². The van der Waals surface area contributed by atoms with Gasteiger partial charge >= 0.3 is 0 Å². The molecule has 0 unspecified atom stereocenters. The largest absolute Gasteiger partial charge is 0.207 e. The van der Waals surface area contributed by atoms with E-state index < -0.39 is 8.07 Å². The molecule has 0 spiro atoms. The van der Waals surface area contributed by atoms with Crippen molar-refractivity contribution in [2.75, 3.05) is 0 Å². The summed E-state index contributed by atoms with van der Waals surface area (Å²) in [6, 6.07) is 5.28. The number of benzene rings is 1. The molecule has 0 radical (unpaired) electrons. The standard InChI is InChI=1S/C11H12BrFSSi/c1-15(2,3)10-5-7-4-8(13)6-9(12)11(7)14-10/h4-6H,1-3H3. The SMILES string of the molecule is C[Si](C)(C)c1cc2cc(F)cc(Br)c2s1. The molecule has 1 aromatic heterocycles. The first kappa shape index (κ1) is 11.3. The van der Waals surface area contributed by atoms with Gasteiger partial charge in [-0.05, 0) is 44.0 Å². The van der Waals surface area contributed by atoms with E-state index in [1.54, 1.807) is 17.4 Å². The van der Waals surface area contributed by atoms with Crippen molar-refractivity contribution in [2.45, 2.75) is 19.6 Å². The maximum atomic E-state index is 13.2. The van der Waals surface area contributed by atoms with Gasteiger partial charge in [0.15, 0.2) is 0 Å². The monoisotopic (exact) mass is 302 g/mol. The van der Waals surface area contributed by atoms with Gasteiger partial charge < -0.3 is 0 Å². The van der Waals surface area contributed by atoms with E-state index in [0.29, 0.717) is 0 Å². The zero-order valence-corrected chi connectivity index (χ0v) is 12.3. The van der Waals surface area contributed by atoms with E-state index in [9.17, 15) is 4.39 Å². The third-order valence-corrected chi connectivity index (χ3v) is 7.93. The molecule has 0 fully saturated rings. The molecular weight excluding hydrogens is 291 g/mol. The molecule has 0 bridgehead atoms. The van der Waals surface area contributed by atoms with Crippen LogP contribution in [0.3, 0.4) is 0 Å². The normalized spacial score (nSPS) is 12.3. The molecule has 1 aromatic carbocycles. The van der Waals surface area contributed by atoms with Crippen molar-refractivity contribution in [1.82, 2.24) is 0 Å². The first-order valence-corrected chi connectivity index (χ1v) is 9.88. The summed E-state index contributed by atoms with van der Waals surface area (Å²) >= 11 is 5.20. The molecule has 0 saturated carbocycles. The number of thiophene rings is 1. The molecule has 15 heavy (non-hydrogen) atoms. The molecule has 1 heterocycles. The highest BCUT2D eigenvalue weighted by atomic mass is 79.9. The van der Waals surface area contributed by atoms with Gasteiger partial charge in [0.25, 0.3) is 0 Å². The third-order valence-electron chi connectivity index (χ3n) is 2.27. The first-order valence-electron chi connectivity index (χ1n) is 4.77. The highest BCUT2D eigenvalue weighted by Crippen LogP contribution is 2.30. The van der Waals surface area contributed by atoms with Crippen LogP contribution in [0.1, 0.15) is 0 Å². The summed E-state index contributed by atoms with van der Waals surface area (Å²) in [6.07, 6.45) is 0. The van der Waals surface area contributed by atoms with Crippen LogP contribution in [0, 0.1) is 5.82 Å². The van der Waals surface area contributed by atoms with Gasteiger partial charge in [-0.2, -0.15) is 0 Å². The number of fused-ring (bicyclic) bond motifs is 1. The van der Waals surface area contributed by atoms with Crippen LogP contribution in [0.2, 0.25) is 19.6 Å². The molecule has 0 nitrogen and oxygen atoms in total. The minimum absolute atomic E-state index is 0.172. The fraction of sp³-hybridized carbons (Fsp3) is 0.273. The lowest BCUT2D eigenvalue weighted by Gasteiger charge is -2.11. The molecule has 0 aliphatic carbocycles. The van der Waals surface area contributed by atoms with E-state index >= 15 is 0 Å². The Balaban J connectivity index is 2.71. The highest BCUT2D eigenvalue weighted by molar-refractivity contribution is 9.10. The zero-order valence-electron chi connectivity index (χ0n) is 8.90. The summed E-state index contributed by atoms with van der Waals surface area (Å²) in [6.45, 7) is 6.92. The predicted molar refractivity (Wildman–Crippen MR) is 72.5 cm³/mol. The second-order valence-electron chi connectivity index (χ2n) is 4.67. The van der Waals surface area contributed by atoms with E-state index in [-0.39, 0.29) is 5.82 Å². The Morgan fingerprint density at radius 2 is 1.87 bits per heavy atom. The van der Waals surface area contributed by atoms with Crippen molar-refractivity contribution in [1.29, 1.82) is 0 Å². The Bertz CT molecular complexity index is 513. The Morgan fingerprint density at radius 1 is 1.20 bits per heavy atom. The van der Waals surface area contributed by atoms with Crippen LogP contribution in [0.4, 0.5) is 4.39 Å². The first-order chi connectivity index (χ1) is 6.88. The molecule has 0 amide bonds. The molecule has 0 saturated heterocycles. The summed E-state index contributed by atoms with van der Waals surface area (Å²) in [7, 11) is -1.28. The van der Waals surface area contributed by atoms with Crippen LogP contribution in [0.5, 0.6) is 0 Å². The summed E-state index contributed by atoms with van der Waals surface area (Å²) in [5.74, 6) is -0.172.